The van der Waals surface area contributed by atoms with Gasteiger partial charge in [0, 0.05) is 17.4 Å². The highest BCUT2D eigenvalue weighted by Crippen LogP contribution is 2.17. The first-order chi connectivity index (χ1) is 7.36. The van der Waals surface area contributed by atoms with Crippen LogP contribution in [0, 0.1) is 0 Å². The maximum atomic E-state index is 6.02. The molecule has 0 aliphatic rings. The number of halogens is 1. The van der Waals surface area contributed by atoms with Gasteiger partial charge in [-0.25, -0.2) is 0 Å². The smallest absolute Gasteiger partial charge is 0.0478 e. The Morgan fingerprint density at radius 2 is 1.87 bits per heavy atom. The monoisotopic (exact) mass is 215 g/mol. The van der Waals surface area contributed by atoms with Crippen LogP contribution < -0.4 is 0 Å². The highest BCUT2D eigenvalue weighted by atomic mass is 35.5. The molecule has 0 N–H and O–H groups in total. The number of aromatic nitrogens is 1. The van der Waals surface area contributed by atoms with Gasteiger partial charge in [-0.1, -0.05) is 48.0 Å². The summed E-state index contributed by atoms with van der Waals surface area (Å²) in [6.45, 7) is 0. The lowest BCUT2D eigenvalue weighted by Gasteiger charge is -1.96. The molecule has 1 aromatic heterocycles. The van der Waals surface area contributed by atoms with Crippen molar-refractivity contribution in [1.29, 1.82) is 0 Å². The third kappa shape index (κ3) is 2.67. The summed E-state index contributed by atoms with van der Waals surface area (Å²) in [7, 11) is 0. The second-order valence-electron chi connectivity index (χ2n) is 3.14. The summed E-state index contributed by atoms with van der Waals surface area (Å²) >= 11 is 6.02. The van der Waals surface area contributed by atoms with Gasteiger partial charge in [-0.2, -0.15) is 0 Å². The number of rotatable bonds is 2. The van der Waals surface area contributed by atoms with E-state index in [9.17, 15) is 0 Å². The largest absolute Gasteiger partial charge is 0.264 e. The second-order valence-corrected chi connectivity index (χ2v) is 3.55. The summed E-state index contributed by atoms with van der Waals surface area (Å²) in [6, 6.07) is 11.7. The molecule has 0 unspecified atom stereocenters. The summed E-state index contributed by atoms with van der Waals surface area (Å²) in [5.74, 6) is 0. The van der Waals surface area contributed by atoms with Gasteiger partial charge in [0.15, 0.2) is 0 Å². The van der Waals surface area contributed by atoms with Crippen molar-refractivity contribution >= 4 is 23.8 Å². The zero-order valence-corrected chi connectivity index (χ0v) is 8.85. The van der Waals surface area contributed by atoms with Gasteiger partial charge in [0.1, 0.15) is 0 Å². The van der Waals surface area contributed by atoms with Crippen LogP contribution in [0.5, 0.6) is 0 Å². The summed E-state index contributed by atoms with van der Waals surface area (Å²) in [6.07, 6.45) is 7.55. The molecular formula is C13H10ClN. The Labute approximate surface area is 94.1 Å². The van der Waals surface area contributed by atoms with Crippen LogP contribution in [0.1, 0.15) is 11.1 Å². The molecule has 1 heterocycles. The molecule has 0 aliphatic heterocycles. The molecule has 0 saturated heterocycles. The van der Waals surface area contributed by atoms with Gasteiger partial charge in [0.2, 0.25) is 0 Å². The van der Waals surface area contributed by atoms with Gasteiger partial charge < -0.3 is 0 Å². The molecule has 2 aromatic rings. The van der Waals surface area contributed by atoms with Crippen LogP contribution in [-0.2, 0) is 0 Å². The van der Waals surface area contributed by atoms with Crippen molar-refractivity contribution in [3.8, 4) is 0 Å². The van der Waals surface area contributed by atoms with Crippen molar-refractivity contribution in [2.24, 2.45) is 0 Å². The third-order valence-corrected chi connectivity index (χ3v) is 2.39. The molecule has 2 rings (SSSR count). The fourth-order valence-electron chi connectivity index (χ4n) is 1.27. The molecule has 0 aliphatic carbocycles. The van der Waals surface area contributed by atoms with E-state index < -0.39 is 0 Å². The highest BCUT2D eigenvalue weighted by molar-refractivity contribution is 6.32. The van der Waals surface area contributed by atoms with Crippen LogP contribution in [0.3, 0.4) is 0 Å². The van der Waals surface area contributed by atoms with E-state index in [-0.39, 0.29) is 0 Å². The molecular weight excluding hydrogens is 206 g/mol. The zero-order valence-electron chi connectivity index (χ0n) is 8.10. The number of hydrogen-bond donors (Lipinski definition) is 0. The molecule has 15 heavy (non-hydrogen) atoms. The van der Waals surface area contributed by atoms with E-state index in [0.29, 0.717) is 0 Å². The van der Waals surface area contributed by atoms with Crippen molar-refractivity contribution < 1.29 is 0 Å². The molecule has 0 radical (unpaired) electrons. The Morgan fingerprint density at radius 3 is 2.60 bits per heavy atom. The minimum Gasteiger partial charge on any atom is -0.264 e. The van der Waals surface area contributed by atoms with Gasteiger partial charge in [-0.3, -0.25) is 4.98 Å². The summed E-state index contributed by atoms with van der Waals surface area (Å²) < 4.78 is 0. The Hall–Kier alpha value is -1.60. The van der Waals surface area contributed by atoms with Gasteiger partial charge in [-0.05, 0) is 23.3 Å². The SMILES string of the molecule is Clc1ccccc1C=Cc1cccnc1. The molecule has 0 bridgehead atoms. The van der Waals surface area contributed by atoms with E-state index in [4.69, 9.17) is 11.6 Å². The average molecular weight is 216 g/mol. The minimum atomic E-state index is 0.762. The maximum absolute atomic E-state index is 6.02. The Morgan fingerprint density at radius 1 is 1.00 bits per heavy atom. The van der Waals surface area contributed by atoms with Crippen LogP contribution in [0.25, 0.3) is 12.2 Å². The van der Waals surface area contributed by atoms with Gasteiger partial charge in [0.25, 0.3) is 0 Å². The van der Waals surface area contributed by atoms with E-state index in [1.54, 1.807) is 6.20 Å². The lowest BCUT2D eigenvalue weighted by Crippen LogP contribution is -1.75. The quantitative estimate of drug-likeness (QED) is 0.740. The Kier molecular flexibility index (Phi) is 3.15. The molecule has 0 amide bonds. The second kappa shape index (κ2) is 4.76. The van der Waals surface area contributed by atoms with E-state index in [1.165, 1.54) is 0 Å². The van der Waals surface area contributed by atoms with E-state index in [2.05, 4.69) is 4.98 Å². The Balaban J connectivity index is 2.23. The number of pyridine rings is 1. The van der Waals surface area contributed by atoms with Crippen molar-refractivity contribution in [2.75, 3.05) is 0 Å². The summed E-state index contributed by atoms with van der Waals surface area (Å²) in [5.41, 5.74) is 2.08. The molecule has 74 valence electrons. The first-order valence-corrected chi connectivity index (χ1v) is 5.07. The van der Waals surface area contributed by atoms with Crippen LogP contribution in [-0.4, -0.2) is 4.98 Å². The molecule has 2 heteroatoms. The number of benzene rings is 1. The average Bonchev–Trinajstić information content (AvgIpc) is 2.29. The number of hydrogen-bond acceptors (Lipinski definition) is 1. The van der Waals surface area contributed by atoms with Crippen LogP contribution >= 0.6 is 11.6 Å². The normalized spacial score (nSPS) is 10.7. The topological polar surface area (TPSA) is 12.9 Å². The van der Waals surface area contributed by atoms with Gasteiger partial charge >= 0.3 is 0 Å². The summed E-state index contributed by atoms with van der Waals surface area (Å²) in [4.78, 5) is 4.04. The van der Waals surface area contributed by atoms with E-state index >= 15 is 0 Å². The standard InChI is InChI=1S/C13H10ClN/c14-13-6-2-1-5-12(13)8-7-11-4-3-9-15-10-11/h1-10H. The van der Waals surface area contributed by atoms with Gasteiger partial charge in [0.05, 0.1) is 0 Å². The zero-order chi connectivity index (χ0) is 10.5. The molecule has 1 nitrogen and oxygen atoms in total. The molecule has 0 saturated carbocycles. The van der Waals surface area contributed by atoms with E-state index in [0.717, 1.165) is 16.1 Å². The van der Waals surface area contributed by atoms with Crippen molar-refractivity contribution in [1.82, 2.24) is 4.98 Å². The predicted molar refractivity (Wildman–Crippen MR) is 64.6 cm³/mol. The van der Waals surface area contributed by atoms with Crippen LogP contribution in [0.15, 0.2) is 48.8 Å². The molecule has 0 atom stereocenters. The first kappa shape index (κ1) is 9.94. The van der Waals surface area contributed by atoms with Crippen molar-refractivity contribution in [3.05, 3.63) is 64.9 Å². The van der Waals surface area contributed by atoms with Gasteiger partial charge in [-0.15, -0.1) is 0 Å². The van der Waals surface area contributed by atoms with Crippen LogP contribution in [0.4, 0.5) is 0 Å². The minimum absolute atomic E-state index is 0.762. The predicted octanol–water partition coefficient (Wildman–Crippen LogP) is 3.91. The summed E-state index contributed by atoms with van der Waals surface area (Å²) in [5, 5.41) is 0.762. The molecule has 0 spiro atoms. The lowest BCUT2D eigenvalue weighted by atomic mass is 10.2. The maximum Gasteiger partial charge on any atom is 0.0478 e. The fourth-order valence-corrected chi connectivity index (χ4v) is 1.47. The van der Waals surface area contributed by atoms with Crippen molar-refractivity contribution in [3.63, 3.8) is 0 Å². The number of nitrogens with zero attached hydrogens (tertiary/aromatic N) is 1. The fraction of sp³-hybridized carbons (Fsp3) is 0. The lowest BCUT2D eigenvalue weighted by molar-refractivity contribution is 1.32. The van der Waals surface area contributed by atoms with Crippen LogP contribution in [0.2, 0.25) is 5.02 Å². The first-order valence-electron chi connectivity index (χ1n) is 4.69. The highest BCUT2D eigenvalue weighted by Gasteiger charge is 1.92. The third-order valence-electron chi connectivity index (χ3n) is 2.04. The molecule has 0 fully saturated rings. The Bertz CT molecular complexity index is 463. The molecule has 1 aromatic carbocycles. The van der Waals surface area contributed by atoms with E-state index in [1.807, 2.05) is 54.7 Å². The van der Waals surface area contributed by atoms with Crippen molar-refractivity contribution in [2.45, 2.75) is 0 Å².